The van der Waals surface area contributed by atoms with Crippen molar-refractivity contribution in [1.82, 2.24) is 4.31 Å². The Labute approximate surface area is 155 Å². The van der Waals surface area contributed by atoms with Crippen LogP contribution in [0.1, 0.15) is 31.2 Å². The molecule has 0 amide bonds. The maximum atomic E-state index is 13.1. The smallest absolute Gasteiger partial charge is 0.417 e. The standard InChI is InChI=1S/C17H19F3N2O4S/c18-17(19,20)14-5-1-2-6-15(14)27(24,25)22-10-7-13(8-11-22)16(23)26-12-4-3-9-21/h1-2,5-6,13H,3-4,7-8,10-12H2. The van der Waals surface area contributed by atoms with Crippen LogP contribution in [0, 0.1) is 17.2 Å². The zero-order chi connectivity index (χ0) is 20.1. The zero-order valence-corrected chi connectivity index (χ0v) is 15.2. The highest BCUT2D eigenvalue weighted by atomic mass is 32.2. The molecule has 1 aromatic rings. The Balaban J connectivity index is 2.04. The first-order chi connectivity index (χ1) is 12.7. The van der Waals surface area contributed by atoms with Gasteiger partial charge in [0.2, 0.25) is 10.0 Å². The average molecular weight is 404 g/mol. The summed E-state index contributed by atoms with van der Waals surface area (Å²) in [6.07, 6.45) is -3.75. The van der Waals surface area contributed by atoms with Crippen molar-refractivity contribution in [3.63, 3.8) is 0 Å². The van der Waals surface area contributed by atoms with Gasteiger partial charge in [-0.05, 0) is 31.4 Å². The van der Waals surface area contributed by atoms with Gasteiger partial charge in [0.25, 0.3) is 0 Å². The van der Waals surface area contributed by atoms with Gasteiger partial charge in [-0.25, -0.2) is 8.42 Å². The lowest BCUT2D eigenvalue weighted by Crippen LogP contribution is -2.41. The number of sulfonamides is 1. The maximum absolute atomic E-state index is 13.1. The fourth-order valence-corrected chi connectivity index (χ4v) is 4.52. The first-order valence-electron chi connectivity index (χ1n) is 8.38. The number of rotatable bonds is 6. The number of unbranched alkanes of at least 4 members (excludes halogenated alkanes) is 1. The topological polar surface area (TPSA) is 87.5 Å². The van der Waals surface area contributed by atoms with Gasteiger partial charge in [0.1, 0.15) is 0 Å². The minimum absolute atomic E-state index is 0.0630. The Morgan fingerprint density at radius 3 is 2.48 bits per heavy atom. The molecular weight excluding hydrogens is 385 g/mol. The van der Waals surface area contributed by atoms with Crippen molar-refractivity contribution in [1.29, 1.82) is 5.26 Å². The van der Waals surface area contributed by atoms with E-state index in [1.807, 2.05) is 6.07 Å². The van der Waals surface area contributed by atoms with E-state index in [0.717, 1.165) is 22.5 Å². The second-order valence-electron chi connectivity index (χ2n) is 6.10. The number of ether oxygens (including phenoxy) is 1. The summed E-state index contributed by atoms with van der Waals surface area (Å²) in [4.78, 5) is 11.2. The Morgan fingerprint density at radius 1 is 1.26 bits per heavy atom. The second kappa shape index (κ2) is 8.71. The van der Waals surface area contributed by atoms with Crippen LogP contribution in [0.15, 0.2) is 29.2 Å². The summed E-state index contributed by atoms with van der Waals surface area (Å²) < 4.78 is 70.7. The monoisotopic (exact) mass is 404 g/mol. The molecule has 1 aromatic carbocycles. The molecule has 1 heterocycles. The van der Waals surface area contributed by atoms with Crippen molar-refractivity contribution >= 4 is 16.0 Å². The molecule has 1 aliphatic rings. The molecule has 1 fully saturated rings. The quantitative estimate of drug-likeness (QED) is 0.537. The number of nitriles is 1. The predicted octanol–water partition coefficient (Wildman–Crippen LogP) is 2.95. The van der Waals surface area contributed by atoms with Crippen LogP contribution in [0.25, 0.3) is 0 Å². The molecule has 0 spiro atoms. The molecule has 0 radical (unpaired) electrons. The summed E-state index contributed by atoms with van der Waals surface area (Å²) in [6, 6.07) is 5.98. The minimum atomic E-state index is -4.78. The first kappa shape index (κ1) is 21.2. The van der Waals surface area contributed by atoms with E-state index in [0.29, 0.717) is 6.42 Å². The summed E-state index contributed by atoms with van der Waals surface area (Å²) in [5.41, 5.74) is -1.20. The number of carbonyl (C=O) groups excluding carboxylic acids is 1. The van der Waals surface area contributed by atoms with Gasteiger partial charge in [0, 0.05) is 19.5 Å². The molecule has 0 bridgehead atoms. The number of halogens is 3. The van der Waals surface area contributed by atoms with Crippen molar-refractivity contribution < 1.29 is 31.1 Å². The number of hydrogen-bond donors (Lipinski definition) is 0. The third-order valence-electron chi connectivity index (χ3n) is 4.27. The molecule has 1 aliphatic heterocycles. The van der Waals surface area contributed by atoms with E-state index in [1.54, 1.807) is 0 Å². The fourth-order valence-electron chi connectivity index (χ4n) is 2.84. The number of piperidine rings is 1. The van der Waals surface area contributed by atoms with E-state index in [4.69, 9.17) is 10.00 Å². The Morgan fingerprint density at radius 2 is 1.89 bits per heavy atom. The van der Waals surface area contributed by atoms with Crippen molar-refractivity contribution in [3.8, 4) is 6.07 Å². The highest BCUT2D eigenvalue weighted by Crippen LogP contribution is 2.36. The van der Waals surface area contributed by atoms with E-state index in [1.165, 1.54) is 6.07 Å². The number of nitrogens with zero attached hydrogens (tertiary/aromatic N) is 2. The van der Waals surface area contributed by atoms with Crippen LogP contribution in [0.2, 0.25) is 0 Å². The third kappa shape index (κ3) is 5.20. The fraction of sp³-hybridized carbons (Fsp3) is 0.529. The molecule has 0 aromatic heterocycles. The van der Waals surface area contributed by atoms with E-state index in [-0.39, 0.29) is 39.0 Å². The lowest BCUT2D eigenvalue weighted by Gasteiger charge is -2.30. The summed E-state index contributed by atoms with van der Waals surface area (Å²) in [7, 11) is -4.32. The minimum Gasteiger partial charge on any atom is -0.465 e. The molecule has 0 aliphatic carbocycles. The van der Waals surface area contributed by atoms with E-state index in [9.17, 15) is 26.4 Å². The summed E-state index contributed by atoms with van der Waals surface area (Å²) in [6.45, 7) is -0.0111. The number of hydrogen-bond acceptors (Lipinski definition) is 5. The number of benzene rings is 1. The van der Waals surface area contributed by atoms with Crippen molar-refractivity contribution in [2.24, 2.45) is 5.92 Å². The SMILES string of the molecule is N#CCCCOC(=O)C1CCN(S(=O)(=O)c2ccccc2C(F)(F)F)CC1. The van der Waals surface area contributed by atoms with E-state index in [2.05, 4.69) is 0 Å². The average Bonchev–Trinajstić information content (AvgIpc) is 2.64. The van der Waals surface area contributed by atoms with Crippen molar-refractivity contribution in [3.05, 3.63) is 29.8 Å². The van der Waals surface area contributed by atoms with E-state index < -0.39 is 38.5 Å². The van der Waals surface area contributed by atoms with Crippen LogP contribution in [-0.2, 0) is 25.7 Å². The van der Waals surface area contributed by atoms with Crippen molar-refractivity contribution in [2.45, 2.75) is 36.8 Å². The normalized spacial score (nSPS) is 16.7. The molecule has 1 saturated heterocycles. The maximum Gasteiger partial charge on any atom is 0.417 e. The van der Waals surface area contributed by atoms with Crippen LogP contribution in [0.5, 0.6) is 0 Å². The summed E-state index contributed by atoms with van der Waals surface area (Å²) in [5, 5.41) is 8.43. The molecule has 148 valence electrons. The second-order valence-corrected chi connectivity index (χ2v) is 8.01. The van der Waals surface area contributed by atoms with Crippen LogP contribution >= 0.6 is 0 Å². The lowest BCUT2D eigenvalue weighted by atomic mass is 9.98. The number of carbonyl (C=O) groups is 1. The predicted molar refractivity (Wildman–Crippen MR) is 88.7 cm³/mol. The molecule has 0 unspecified atom stereocenters. The zero-order valence-electron chi connectivity index (χ0n) is 14.4. The summed E-state index contributed by atoms with van der Waals surface area (Å²) >= 11 is 0. The van der Waals surface area contributed by atoms with Crippen LogP contribution in [-0.4, -0.2) is 38.4 Å². The van der Waals surface area contributed by atoms with Gasteiger partial charge < -0.3 is 4.74 Å². The van der Waals surface area contributed by atoms with Gasteiger partial charge >= 0.3 is 12.1 Å². The Kier molecular flexibility index (Phi) is 6.84. The first-order valence-corrected chi connectivity index (χ1v) is 9.82. The van der Waals surface area contributed by atoms with Gasteiger partial charge in [-0.2, -0.15) is 22.7 Å². The number of alkyl halides is 3. The van der Waals surface area contributed by atoms with Crippen molar-refractivity contribution in [2.75, 3.05) is 19.7 Å². The molecule has 10 heteroatoms. The van der Waals surface area contributed by atoms with Crippen LogP contribution in [0.3, 0.4) is 0 Å². The van der Waals surface area contributed by atoms with E-state index >= 15 is 0 Å². The highest BCUT2D eigenvalue weighted by Gasteiger charge is 2.40. The third-order valence-corrected chi connectivity index (χ3v) is 6.23. The molecule has 2 rings (SSSR count). The molecule has 0 atom stereocenters. The largest absolute Gasteiger partial charge is 0.465 e. The molecular formula is C17H19F3N2O4S. The van der Waals surface area contributed by atoms with Crippen LogP contribution < -0.4 is 0 Å². The molecule has 0 saturated carbocycles. The van der Waals surface area contributed by atoms with Gasteiger partial charge in [0.15, 0.2) is 0 Å². The molecule has 27 heavy (non-hydrogen) atoms. The molecule has 6 nitrogen and oxygen atoms in total. The number of esters is 1. The van der Waals surface area contributed by atoms with Gasteiger partial charge in [-0.1, -0.05) is 12.1 Å². The van der Waals surface area contributed by atoms with Crippen LogP contribution in [0.4, 0.5) is 13.2 Å². The Bertz CT molecular complexity index is 810. The van der Waals surface area contributed by atoms with Gasteiger partial charge in [0.05, 0.1) is 29.1 Å². The molecule has 0 N–H and O–H groups in total. The highest BCUT2D eigenvalue weighted by molar-refractivity contribution is 7.89. The van der Waals surface area contributed by atoms with Gasteiger partial charge in [-0.15, -0.1) is 0 Å². The summed E-state index contributed by atoms with van der Waals surface area (Å²) in [5.74, 6) is -0.975. The Hall–Kier alpha value is -2.12. The van der Waals surface area contributed by atoms with Gasteiger partial charge in [-0.3, -0.25) is 4.79 Å². The lowest BCUT2D eigenvalue weighted by molar-refractivity contribution is -0.149.